The van der Waals surface area contributed by atoms with Crippen molar-refractivity contribution >= 4 is 21.6 Å². The molecule has 0 spiro atoms. The number of likely N-dealkylation sites (tertiary alicyclic amines) is 1. The SMILES string of the molecule is CCc1nccn1C[C@@](c1cccc(F)c1)(C1CCN(CC2CN(c3ccc(S(=O)(=O)C4CCCC4)cc3)C2)CC1)C1CCC[C@@H]1NC(=O)OC. The van der Waals surface area contributed by atoms with Gasteiger partial charge in [0.05, 0.1) is 17.3 Å². The number of carbonyl (C=O) groups is 1. The number of hydrogen-bond donors (Lipinski definition) is 1. The number of imidazole rings is 1. The Kier molecular flexibility index (Phi) is 10.8. The predicted octanol–water partition coefficient (Wildman–Crippen LogP) is 6.61. The summed E-state index contributed by atoms with van der Waals surface area (Å²) in [7, 11) is -1.83. The second kappa shape index (κ2) is 15.3. The Hall–Kier alpha value is -3.44. The lowest BCUT2D eigenvalue weighted by molar-refractivity contribution is 0.0541. The van der Waals surface area contributed by atoms with Crippen LogP contribution in [-0.2, 0) is 33.0 Å². The van der Waals surface area contributed by atoms with E-state index in [0.717, 1.165) is 114 Å². The van der Waals surface area contributed by atoms with Gasteiger partial charge in [0.15, 0.2) is 9.84 Å². The summed E-state index contributed by atoms with van der Waals surface area (Å²) in [5.74, 6) is 1.73. The first kappa shape index (κ1) is 35.9. The average Bonchev–Trinajstić information content (AvgIpc) is 3.92. The van der Waals surface area contributed by atoms with Crippen LogP contribution in [0.15, 0.2) is 65.8 Å². The van der Waals surface area contributed by atoms with E-state index in [4.69, 9.17) is 4.74 Å². The molecular weight excluding hydrogens is 666 g/mol. The van der Waals surface area contributed by atoms with Crippen LogP contribution in [0.3, 0.4) is 0 Å². The highest BCUT2D eigenvalue weighted by Crippen LogP contribution is 2.52. The van der Waals surface area contributed by atoms with Gasteiger partial charge in [0.25, 0.3) is 0 Å². The van der Waals surface area contributed by atoms with E-state index in [1.165, 1.54) is 13.2 Å². The number of alkyl carbamates (subject to hydrolysis) is 1. The third kappa shape index (κ3) is 7.30. The smallest absolute Gasteiger partial charge is 0.407 e. The maximum absolute atomic E-state index is 15.1. The molecule has 2 saturated heterocycles. The number of nitrogens with one attached hydrogen (secondary N) is 1. The number of halogens is 1. The van der Waals surface area contributed by atoms with Crippen LogP contribution < -0.4 is 10.2 Å². The predicted molar refractivity (Wildman–Crippen MR) is 197 cm³/mol. The van der Waals surface area contributed by atoms with Crippen LogP contribution in [0.25, 0.3) is 0 Å². The first-order chi connectivity index (χ1) is 24.7. The maximum Gasteiger partial charge on any atom is 0.407 e. The summed E-state index contributed by atoms with van der Waals surface area (Å²) in [6.45, 7) is 7.71. The fourth-order valence-electron chi connectivity index (χ4n) is 10.0. The molecule has 1 N–H and O–H groups in total. The number of benzene rings is 2. The number of hydrogen-bond acceptors (Lipinski definition) is 7. The number of rotatable bonds is 12. The Morgan fingerprint density at radius 3 is 2.43 bits per heavy atom. The van der Waals surface area contributed by atoms with Gasteiger partial charge in [-0.25, -0.2) is 22.6 Å². The Morgan fingerprint density at radius 1 is 1.00 bits per heavy atom. The van der Waals surface area contributed by atoms with Gasteiger partial charge in [0.2, 0.25) is 0 Å². The monoisotopic (exact) mass is 719 g/mol. The van der Waals surface area contributed by atoms with Gasteiger partial charge in [0.1, 0.15) is 11.6 Å². The number of aryl methyl sites for hydroxylation is 1. The first-order valence-corrected chi connectivity index (χ1v) is 20.7. The molecule has 4 fully saturated rings. The van der Waals surface area contributed by atoms with Crippen LogP contribution in [0.4, 0.5) is 14.9 Å². The lowest BCUT2D eigenvalue weighted by Crippen LogP contribution is -2.56. The molecule has 3 heterocycles. The number of nitrogens with zero attached hydrogens (tertiary/aromatic N) is 4. The summed E-state index contributed by atoms with van der Waals surface area (Å²) in [6, 6.07) is 14.7. The van der Waals surface area contributed by atoms with Crippen LogP contribution in [0, 0.1) is 23.6 Å². The Balaban J connectivity index is 1.05. The molecule has 1 amide bonds. The first-order valence-electron chi connectivity index (χ1n) is 19.1. The van der Waals surface area contributed by atoms with E-state index in [0.29, 0.717) is 17.4 Å². The summed E-state index contributed by atoms with van der Waals surface area (Å²) in [5.41, 5.74) is 1.69. The topological polar surface area (TPSA) is 96.8 Å². The second-order valence-corrected chi connectivity index (χ2v) is 17.7. The van der Waals surface area contributed by atoms with Crippen molar-refractivity contribution in [2.24, 2.45) is 17.8 Å². The lowest BCUT2D eigenvalue weighted by atomic mass is 9.58. The Labute approximate surface area is 302 Å². The van der Waals surface area contributed by atoms with Gasteiger partial charge in [-0.15, -0.1) is 0 Å². The van der Waals surface area contributed by atoms with Gasteiger partial charge >= 0.3 is 6.09 Å². The highest BCUT2D eigenvalue weighted by Gasteiger charge is 2.52. The highest BCUT2D eigenvalue weighted by molar-refractivity contribution is 7.92. The molecule has 2 aliphatic carbocycles. The minimum absolute atomic E-state index is 0.0646. The number of methoxy groups -OCH3 is 1. The van der Waals surface area contributed by atoms with Crippen LogP contribution in [0.5, 0.6) is 0 Å². The minimum atomic E-state index is -3.24. The molecule has 0 bridgehead atoms. The Morgan fingerprint density at radius 2 is 1.75 bits per heavy atom. The van der Waals surface area contributed by atoms with Crippen LogP contribution >= 0.6 is 0 Å². The van der Waals surface area contributed by atoms with E-state index in [-0.39, 0.29) is 28.9 Å². The lowest BCUT2D eigenvalue weighted by Gasteiger charge is -2.51. The largest absolute Gasteiger partial charge is 0.453 e. The van der Waals surface area contributed by atoms with Gasteiger partial charge in [0, 0.05) is 68.1 Å². The van der Waals surface area contributed by atoms with Crippen molar-refractivity contribution in [1.29, 1.82) is 0 Å². The van der Waals surface area contributed by atoms with Crippen molar-refractivity contribution in [3.63, 3.8) is 0 Å². The normalized spacial score (nSPS) is 23.6. The quantitative estimate of drug-likeness (QED) is 0.225. The summed E-state index contributed by atoms with van der Waals surface area (Å²) in [5, 5.41) is 2.96. The zero-order chi connectivity index (χ0) is 35.6. The Bertz CT molecular complexity index is 1750. The summed E-state index contributed by atoms with van der Waals surface area (Å²) >= 11 is 0. The van der Waals surface area contributed by atoms with Crippen molar-refractivity contribution in [3.05, 3.63) is 78.1 Å². The fourth-order valence-corrected chi connectivity index (χ4v) is 11.9. The third-order valence-electron chi connectivity index (χ3n) is 12.6. The van der Waals surface area contributed by atoms with Gasteiger partial charge in [-0.05, 0) is 105 Å². The third-order valence-corrected chi connectivity index (χ3v) is 14.9. The highest BCUT2D eigenvalue weighted by atomic mass is 32.2. The van der Waals surface area contributed by atoms with Crippen molar-refractivity contribution in [1.82, 2.24) is 19.8 Å². The summed E-state index contributed by atoms with van der Waals surface area (Å²) < 4.78 is 48.6. The molecule has 0 radical (unpaired) electrons. The van der Waals surface area contributed by atoms with E-state index in [9.17, 15) is 13.2 Å². The number of aromatic nitrogens is 2. The van der Waals surface area contributed by atoms with E-state index in [1.54, 1.807) is 18.2 Å². The average molecular weight is 720 g/mol. The van der Waals surface area contributed by atoms with E-state index < -0.39 is 21.3 Å². The van der Waals surface area contributed by atoms with Crippen LogP contribution in [0.1, 0.15) is 76.1 Å². The second-order valence-electron chi connectivity index (χ2n) is 15.4. The molecule has 9 nitrogen and oxygen atoms in total. The number of piperidine rings is 1. The molecule has 7 rings (SSSR count). The molecule has 276 valence electrons. The molecule has 3 aromatic rings. The van der Waals surface area contributed by atoms with Crippen LogP contribution in [0.2, 0.25) is 0 Å². The van der Waals surface area contributed by atoms with Gasteiger partial charge in [-0.2, -0.15) is 0 Å². The van der Waals surface area contributed by atoms with Crippen LogP contribution in [-0.4, -0.2) is 80.1 Å². The standard InChI is InChI=1S/C40H54FN5O4S/c1-3-38-42-20-23-45(38)28-40(31-8-6-9-32(41)24-31,36-12-7-13-37(36)43-39(47)50-2)30-18-21-44(22-19-30)25-29-26-46(27-29)33-14-16-35(17-15-33)51(48,49)34-10-4-5-11-34/h6,8-9,14-17,20,23-24,29-30,34,36-37H,3-5,7,10-13,18-19,21-22,25-28H2,1-2H3,(H,43,47)/t36?,37-,40-/m0/s1. The molecule has 11 heteroatoms. The number of sulfone groups is 1. The van der Waals surface area contributed by atoms with Crippen molar-refractivity contribution in [3.8, 4) is 0 Å². The van der Waals surface area contributed by atoms with Crippen molar-refractivity contribution in [2.75, 3.05) is 44.7 Å². The molecule has 2 aromatic carbocycles. The molecule has 3 atom stereocenters. The van der Waals surface area contributed by atoms with Crippen molar-refractivity contribution < 1.29 is 22.3 Å². The zero-order valence-corrected chi connectivity index (χ0v) is 31.0. The molecule has 2 saturated carbocycles. The van der Waals surface area contributed by atoms with E-state index in [2.05, 4.69) is 43.9 Å². The van der Waals surface area contributed by atoms with Crippen molar-refractivity contribution in [2.45, 2.75) is 99.3 Å². The maximum atomic E-state index is 15.1. The van der Waals surface area contributed by atoms with Gasteiger partial charge < -0.3 is 24.4 Å². The number of anilines is 1. The minimum Gasteiger partial charge on any atom is -0.453 e. The van der Waals surface area contributed by atoms with E-state index >= 15 is 4.39 Å². The number of carbonyl (C=O) groups excluding carboxylic acids is 1. The molecule has 1 aromatic heterocycles. The number of ether oxygens (including phenoxy) is 1. The van der Waals surface area contributed by atoms with Gasteiger partial charge in [-0.1, -0.05) is 38.3 Å². The summed E-state index contributed by atoms with van der Waals surface area (Å²) in [6.07, 6.45) is 12.7. The number of amides is 1. The molecular formula is C40H54FN5O4S. The molecule has 4 aliphatic rings. The van der Waals surface area contributed by atoms with Gasteiger partial charge in [-0.3, -0.25) is 0 Å². The summed E-state index contributed by atoms with van der Waals surface area (Å²) in [4.78, 5) is 22.6. The molecule has 2 aliphatic heterocycles. The zero-order valence-electron chi connectivity index (χ0n) is 30.2. The molecule has 51 heavy (non-hydrogen) atoms. The fraction of sp³-hybridized carbons (Fsp3) is 0.600. The molecule has 1 unspecified atom stereocenters. The van der Waals surface area contributed by atoms with E-state index in [1.807, 2.05) is 24.4 Å².